The Balaban J connectivity index is 1.26. The molecule has 0 aromatic heterocycles. The highest BCUT2D eigenvalue weighted by molar-refractivity contribution is 5.81. The normalized spacial score (nSPS) is 32.2. The highest BCUT2D eigenvalue weighted by atomic mass is 16.5. The third-order valence-electron chi connectivity index (χ3n) is 15.1. The molecule has 0 heterocycles. The predicted octanol–water partition coefficient (Wildman–Crippen LogP) is 9.03. The molecule has 4 aliphatic rings. The smallest absolute Gasteiger partial charge is 0.306 e. The zero-order chi connectivity index (χ0) is 38.1. The minimum Gasteiger partial charge on any atom is -0.462 e. The van der Waals surface area contributed by atoms with Crippen molar-refractivity contribution in [2.24, 2.45) is 63.7 Å². The maximum absolute atomic E-state index is 13.3. The monoisotopic (exact) mass is 727 g/mol. The van der Waals surface area contributed by atoms with Gasteiger partial charge in [-0.3, -0.25) is 9.59 Å². The van der Waals surface area contributed by atoms with Gasteiger partial charge in [0.2, 0.25) is 5.91 Å². The topological polar surface area (TPSA) is 111 Å². The molecular weight excluding hydrogens is 645 g/mol. The summed E-state index contributed by atoms with van der Waals surface area (Å²) in [4.78, 5) is 28.3. The lowest BCUT2D eigenvalue weighted by Gasteiger charge is -2.58. The number of amides is 1. The molecular formula is C45H82N4O3. The van der Waals surface area contributed by atoms with Crippen LogP contribution in [0.15, 0.2) is 11.6 Å². The first kappa shape index (κ1) is 43.3. The van der Waals surface area contributed by atoms with Crippen LogP contribution in [0.1, 0.15) is 165 Å². The van der Waals surface area contributed by atoms with E-state index in [9.17, 15) is 9.59 Å². The molecule has 0 bridgehead atoms. The Hall–Kier alpha value is -1.44. The van der Waals surface area contributed by atoms with Crippen LogP contribution in [0, 0.1) is 52.3 Å². The van der Waals surface area contributed by atoms with E-state index >= 15 is 0 Å². The average Bonchev–Trinajstić information content (AvgIpc) is 3.45. The zero-order valence-corrected chi connectivity index (χ0v) is 35.0. The number of nitrogens with one attached hydrogen (secondary N) is 1. The van der Waals surface area contributed by atoms with Crippen molar-refractivity contribution in [3.8, 4) is 0 Å². The molecule has 5 N–H and O–H groups in total. The number of rotatable bonds is 21. The van der Waals surface area contributed by atoms with E-state index in [1.54, 1.807) is 5.57 Å². The summed E-state index contributed by atoms with van der Waals surface area (Å²) in [5.41, 5.74) is 14.1. The number of ether oxygens (including phenoxy) is 1. The third kappa shape index (κ3) is 11.1. The molecule has 0 spiro atoms. The van der Waals surface area contributed by atoms with Crippen LogP contribution in [0.25, 0.3) is 0 Å². The second kappa shape index (κ2) is 19.9. The number of allylic oxidation sites excluding steroid dienone is 1. The molecule has 3 fully saturated rings. The van der Waals surface area contributed by atoms with Gasteiger partial charge in [0.25, 0.3) is 0 Å². The van der Waals surface area contributed by atoms with Crippen molar-refractivity contribution in [3.63, 3.8) is 0 Å². The van der Waals surface area contributed by atoms with Gasteiger partial charge in [-0.2, -0.15) is 0 Å². The van der Waals surface area contributed by atoms with Crippen molar-refractivity contribution in [2.75, 3.05) is 26.2 Å². The van der Waals surface area contributed by atoms with Crippen molar-refractivity contribution >= 4 is 11.9 Å². The first-order valence-electron chi connectivity index (χ1n) is 22.1. The van der Waals surface area contributed by atoms with E-state index in [1.165, 1.54) is 51.4 Å². The first-order valence-corrected chi connectivity index (χ1v) is 22.1. The fraction of sp³-hybridized carbons (Fsp3) is 0.911. The molecule has 0 aromatic carbocycles. The van der Waals surface area contributed by atoms with Gasteiger partial charge in [-0.15, -0.1) is 0 Å². The summed E-state index contributed by atoms with van der Waals surface area (Å²) in [5, 5.41) is 3.44. The van der Waals surface area contributed by atoms with Crippen molar-refractivity contribution in [3.05, 3.63) is 11.6 Å². The van der Waals surface area contributed by atoms with Crippen molar-refractivity contribution in [1.82, 2.24) is 10.2 Å². The molecule has 52 heavy (non-hydrogen) atoms. The Labute approximate surface area is 320 Å². The van der Waals surface area contributed by atoms with Crippen molar-refractivity contribution in [1.29, 1.82) is 0 Å². The van der Waals surface area contributed by atoms with E-state index < -0.39 is 0 Å². The molecule has 0 saturated heterocycles. The Morgan fingerprint density at radius 2 is 1.63 bits per heavy atom. The molecule has 0 aliphatic heterocycles. The molecule has 11 atom stereocenters. The van der Waals surface area contributed by atoms with Crippen LogP contribution < -0.4 is 16.8 Å². The predicted molar refractivity (Wildman–Crippen MR) is 217 cm³/mol. The van der Waals surface area contributed by atoms with Gasteiger partial charge >= 0.3 is 5.97 Å². The molecule has 7 nitrogen and oxygen atoms in total. The summed E-state index contributed by atoms with van der Waals surface area (Å²) >= 11 is 0. The van der Waals surface area contributed by atoms with E-state index in [0.717, 1.165) is 99.5 Å². The van der Waals surface area contributed by atoms with Crippen LogP contribution in [0.3, 0.4) is 0 Å². The number of carbonyl (C=O) groups excluding carboxylic acids is 2. The van der Waals surface area contributed by atoms with Crippen LogP contribution in [-0.4, -0.2) is 61.1 Å². The summed E-state index contributed by atoms with van der Waals surface area (Å²) < 4.78 is 6.10. The first-order chi connectivity index (χ1) is 24.7. The molecule has 300 valence electrons. The van der Waals surface area contributed by atoms with Gasteiger partial charge < -0.3 is 26.4 Å². The van der Waals surface area contributed by atoms with Gasteiger partial charge in [-0.1, -0.05) is 66.0 Å². The molecule has 4 rings (SSSR count). The lowest BCUT2D eigenvalue weighted by molar-refractivity contribution is -0.153. The van der Waals surface area contributed by atoms with E-state index in [-0.39, 0.29) is 48.3 Å². The summed E-state index contributed by atoms with van der Waals surface area (Å²) in [5.74, 6) is 5.58. The van der Waals surface area contributed by atoms with Gasteiger partial charge in [0.15, 0.2) is 0 Å². The van der Waals surface area contributed by atoms with Crippen LogP contribution in [-0.2, 0) is 14.3 Å². The largest absolute Gasteiger partial charge is 0.462 e. The Morgan fingerprint density at radius 1 is 0.885 bits per heavy atom. The second-order valence-electron chi connectivity index (χ2n) is 19.2. The second-order valence-corrected chi connectivity index (χ2v) is 19.2. The number of hydrogen-bond acceptors (Lipinski definition) is 6. The highest BCUT2D eigenvalue weighted by Gasteiger charge is 2.59. The number of unbranched alkanes of at least 4 members (excludes halogenated alkanes) is 1. The number of fused-ring (bicyclic) bond motifs is 5. The number of nitrogens with two attached hydrogens (primary N) is 2. The molecule has 1 amide bonds. The highest BCUT2D eigenvalue weighted by Crippen LogP contribution is 2.67. The van der Waals surface area contributed by atoms with Crippen LogP contribution in [0.4, 0.5) is 0 Å². The standard InChI is InChI=1S/C45H82N4O3/c1-9-35(31(2)3)13-12-32(4)39-16-17-40-38-15-14-36-30-37(20-24-44(36,7)41(38)21-25-45(39,40)8)52-43(51)19-18-42(50)49(29-23-34(6)47)28-11-10-26-48-27-22-33(5)46/h14,31-35,37-41,48H,9-13,15-30,46-47H2,1-8H3/t32-,33?,34?,35-,37+,38+,39-,40+,41+,44+,45-/m1/s1. The minimum absolute atomic E-state index is 0.0355. The van der Waals surface area contributed by atoms with Gasteiger partial charge in [0.1, 0.15) is 6.10 Å². The number of nitrogens with zero attached hydrogens (tertiary/aromatic N) is 1. The van der Waals surface area contributed by atoms with Crippen molar-refractivity contribution in [2.45, 2.75) is 183 Å². The fourth-order valence-electron chi connectivity index (χ4n) is 11.7. The zero-order valence-electron chi connectivity index (χ0n) is 35.0. The molecule has 0 aromatic rings. The van der Waals surface area contributed by atoms with E-state index in [0.29, 0.717) is 18.5 Å². The molecule has 3 saturated carbocycles. The molecule has 0 radical (unpaired) electrons. The van der Waals surface area contributed by atoms with Gasteiger partial charge in [0, 0.05) is 38.0 Å². The average molecular weight is 727 g/mol. The van der Waals surface area contributed by atoms with Gasteiger partial charge in [-0.25, -0.2) is 0 Å². The van der Waals surface area contributed by atoms with Crippen LogP contribution in [0.5, 0.6) is 0 Å². The maximum Gasteiger partial charge on any atom is 0.306 e. The summed E-state index contributed by atoms with van der Waals surface area (Å²) in [6, 6.07) is 0.249. The summed E-state index contributed by atoms with van der Waals surface area (Å²) in [7, 11) is 0. The maximum atomic E-state index is 13.3. The Kier molecular flexibility index (Phi) is 16.6. The molecule has 4 aliphatic carbocycles. The lowest BCUT2D eigenvalue weighted by atomic mass is 9.47. The number of carbonyl (C=O) groups is 2. The van der Waals surface area contributed by atoms with Gasteiger partial charge in [-0.05, 0) is 156 Å². The van der Waals surface area contributed by atoms with Crippen LogP contribution in [0.2, 0.25) is 0 Å². The minimum atomic E-state index is -0.222. The third-order valence-corrected chi connectivity index (χ3v) is 15.1. The Morgan fingerprint density at radius 3 is 2.33 bits per heavy atom. The lowest BCUT2D eigenvalue weighted by Crippen LogP contribution is -2.51. The molecule has 2 unspecified atom stereocenters. The van der Waals surface area contributed by atoms with Crippen molar-refractivity contribution < 1.29 is 14.3 Å². The van der Waals surface area contributed by atoms with Gasteiger partial charge in [0.05, 0.1) is 6.42 Å². The Bertz CT molecular complexity index is 1150. The molecule has 7 heteroatoms. The number of hydrogen-bond donors (Lipinski definition) is 3. The fourth-order valence-corrected chi connectivity index (χ4v) is 11.7. The van der Waals surface area contributed by atoms with E-state index in [2.05, 4.69) is 52.9 Å². The quantitative estimate of drug-likeness (QED) is 0.0619. The van der Waals surface area contributed by atoms with E-state index in [1.807, 2.05) is 18.7 Å². The summed E-state index contributed by atoms with van der Waals surface area (Å²) in [6.07, 6.45) is 20.3. The van der Waals surface area contributed by atoms with Crippen LogP contribution >= 0.6 is 0 Å². The van der Waals surface area contributed by atoms with E-state index in [4.69, 9.17) is 16.2 Å². The number of esters is 1. The summed E-state index contributed by atoms with van der Waals surface area (Å²) in [6.45, 7) is 22.2. The SMILES string of the molecule is CC[C@H](CC[C@@H](C)[C@H]1CC[C@H]2[C@@H]3CC=C4C[C@@H](OC(=O)CCC(=O)N(CCCCNCCC(C)N)CCC(C)N)CC[C@]4(C)[C@H]3CC[C@]12C)C(C)C.